The highest BCUT2D eigenvalue weighted by molar-refractivity contribution is 7.86. The molecular formula is C19H23NO2S. The van der Waals surface area contributed by atoms with Gasteiger partial charge in [-0.05, 0) is 30.0 Å². The van der Waals surface area contributed by atoms with E-state index in [9.17, 15) is 9.00 Å². The van der Waals surface area contributed by atoms with Gasteiger partial charge in [0.2, 0.25) is 5.91 Å². The molecule has 0 saturated carbocycles. The molecular weight excluding hydrogens is 306 g/mol. The van der Waals surface area contributed by atoms with Crippen LogP contribution in [0.15, 0.2) is 54.6 Å². The minimum atomic E-state index is -1.32. The number of rotatable bonds is 7. The summed E-state index contributed by atoms with van der Waals surface area (Å²) in [6, 6.07) is 17.7. The standard InChI is InChI=1S/C19H23NO2S/c1-3-13-20-18(21)14-23(22)19(16-10-5-4-6-11-16)17-12-8-7-9-15(17)2/h4-12,19H,3,13-14H2,1-2H3,(H,20,21). The maximum Gasteiger partial charge on any atom is 0.232 e. The minimum absolute atomic E-state index is 0.0217. The number of hydrogen-bond donors (Lipinski definition) is 1. The van der Waals surface area contributed by atoms with Crippen molar-refractivity contribution in [1.82, 2.24) is 5.32 Å². The molecule has 2 rings (SSSR count). The molecule has 0 saturated heterocycles. The van der Waals surface area contributed by atoms with Crippen molar-refractivity contribution in [2.75, 3.05) is 12.3 Å². The van der Waals surface area contributed by atoms with Gasteiger partial charge in [0.15, 0.2) is 0 Å². The number of amides is 1. The van der Waals surface area contributed by atoms with Crippen LogP contribution in [0.1, 0.15) is 35.3 Å². The summed E-state index contributed by atoms with van der Waals surface area (Å²) in [6.45, 7) is 4.63. The van der Waals surface area contributed by atoms with Crippen LogP contribution in [-0.2, 0) is 15.6 Å². The number of carbonyl (C=O) groups excluding carboxylic acids is 1. The second kappa shape index (κ2) is 8.63. The van der Waals surface area contributed by atoms with Crippen molar-refractivity contribution in [3.63, 3.8) is 0 Å². The van der Waals surface area contributed by atoms with Gasteiger partial charge in [-0.3, -0.25) is 9.00 Å². The fraction of sp³-hybridized carbons (Fsp3) is 0.316. The van der Waals surface area contributed by atoms with Gasteiger partial charge in [0.05, 0.1) is 5.25 Å². The van der Waals surface area contributed by atoms with Gasteiger partial charge >= 0.3 is 0 Å². The maximum absolute atomic E-state index is 12.9. The van der Waals surface area contributed by atoms with Gasteiger partial charge in [0, 0.05) is 17.3 Å². The van der Waals surface area contributed by atoms with Gasteiger partial charge in [0.1, 0.15) is 5.75 Å². The number of benzene rings is 2. The molecule has 0 aliphatic rings. The van der Waals surface area contributed by atoms with Crippen molar-refractivity contribution < 1.29 is 9.00 Å². The van der Waals surface area contributed by atoms with Crippen LogP contribution < -0.4 is 5.32 Å². The van der Waals surface area contributed by atoms with Gasteiger partial charge in [-0.2, -0.15) is 0 Å². The van der Waals surface area contributed by atoms with Crippen LogP contribution >= 0.6 is 0 Å². The minimum Gasteiger partial charge on any atom is -0.355 e. The maximum atomic E-state index is 12.9. The monoisotopic (exact) mass is 329 g/mol. The lowest BCUT2D eigenvalue weighted by Crippen LogP contribution is -2.30. The summed E-state index contributed by atoms with van der Waals surface area (Å²) in [6.07, 6.45) is 0.873. The zero-order valence-corrected chi connectivity index (χ0v) is 14.4. The van der Waals surface area contributed by atoms with Crippen LogP contribution in [0.2, 0.25) is 0 Å². The molecule has 0 aromatic heterocycles. The average Bonchev–Trinajstić information content (AvgIpc) is 2.56. The summed E-state index contributed by atoms with van der Waals surface area (Å²) < 4.78 is 12.9. The van der Waals surface area contributed by atoms with Crippen molar-refractivity contribution in [2.45, 2.75) is 25.5 Å². The fourth-order valence-corrected chi connectivity index (χ4v) is 4.05. The Bertz CT molecular complexity index is 670. The lowest BCUT2D eigenvalue weighted by atomic mass is 10.0. The van der Waals surface area contributed by atoms with Crippen LogP contribution in [-0.4, -0.2) is 22.4 Å². The third-order valence-corrected chi connectivity index (χ3v) is 5.28. The summed E-state index contributed by atoms with van der Waals surface area (Å²) in [7, 11) is -1.32. The molecule has 0 fully saturated rings. The van der Waals surface area contributed by atoms with E-state index in [1.807, 2.05) is 68.4 Å². The normalized spacial score (nSPS) is 13.3. The van der Waals surface area contributed by atoms with Gasteiger partial charge in [0.25, 0.3) is 0 Å². The first-order chi connectivity index (χ1) is 11.1. The molecule has 2 atom stereocenters. The summed E-state index contributed by atoms with van der Waals surface area (Å²) in [5.41, 5.74) is 3.08. The predicted octanol–water partition coefficient (Wildman–Crippen LogP) is 3.36. The molecule has 0 radical (unpaired) electrons. The third kappa shape index (κ3) is 4.76. The number of hydrogen-bond acceptors (Lipinski definition) is 2. The first-order valence-electron chi connectivity index (χ1n) is 7.87. The number of aryl methyl sites for hydroxylation is 1. The van der Waals surface area contributed by atoms with Crippen molar-refractivity contribution in [1.29, 1.82) is 0 Å². The fourth-order valence-electron chi connectivity index (χ4n) is 2.51. The van der Waals surface area contributed by atoms with Crippen molar-refractivity contribution >= 4 is 16.7 Å². The van der Waals surface area contributed by atoms with Crippen molar-refractivity contribution in [2.24, 2.45) is 0 Å². The zero-order chi connectivity index (χ0) is 16.7. The van der Waals surface area contributed by atoms with Crippen LogP contribution in [0.3, 0.4) is 0 Å². The van der Waals surface area contributed by atoms with Crippen LogP contribution in [0.4, 0.5) is 0 Å². The van der Waals surface area contributed by atoms with E-state index < -0.39 is 10.8 Å². The van der Waals surface area contributed by atoms with Crippen molar-refractivity contribution in [3.05, 3.63) is 71.3 Å². The second-order valence-corrected chi connectivity index (χ2v) is 7.04. The van der Waals surface area contributed by atoms with Crippen LogP contribution in [0.25, 0.3) is 0 Å². The largest absolute Gasteiger partial charge is 0.355 e. The molecule has 0 spiro atoms. The summed E-state index contributed by atoms with van der Waals surface area (Å²) in [5.74, 6) is -0.131. The highest BCUT2D eigenvalue weighted by Gasteiger charge is 2.24. The van der Waals surface area contributed by atoms with E-state index in [0.717, 1.165) is 23.1 Å². The Morgan fingerprint density at radius 2 is 1.74 bits per heavy atom. The highest BCUT2D eigenvalue weighted by atomic mass is 32.2. The first-order valence-corrected chi connectivity index (χ1v) is 9.26. The summed E-state index contributed by atoms with van der Waals surface area (Å²) >= 11 is 0. The molecule has 4 heteroatoms. The summed E-state index contributed by atoms with van der Waals surface area (Å²) in [5, 5.41) is 2.52. The number of carbonyl (C=O) groups is 1. The van der Waals surface area contributed by atoms with Gasteiger partial charge in [-0.1, -0.05) is 61.5 Å². The molecule has 0 heterocycles. The van der Waals surface area contributed by atoms with Crippen LogP contribution in [0.5, 0.6) is 0 Å². The van der Waals surface area contributed by atoms with E-state index in [0.29, 0.717) is 6.54 Å². The van der Waals surface area contributed by atoms with E-state index >= 15 is 0 Å². The second-order valence-electron chi connectivity index (χ2n) is 5.52. The molecule has 0 aliphatic carbocycles. The van der Waals surface area contributed by atoms with E-state index in [1.54, 1.807) is 0 Å². The van der Waals surface area contributed by atoms with Gasteiger partial charge in [-0.15, -0.1) is 0 Å². The highest BCUT2D eigenvalue weighted by Crippen LogP contribution is 2.30. The Labute approximate surface area is 140 Å². The molecule has 2 aromatic carbocycles. The van der Waals surface area contributed by atoms with E-state index in [-0.39, 0.29) is 16.9 Å². The summed E-state index contributed by atoms with van der Waals surface area (Å²) in [4.78, 5) is 12.0. The Morgan fingerprint density at radius 3 is 2.39 bits per heavy atom. The van der Waals surface area contributed by atoms with Gasteiger partial charge < -0.3 is 5.32 Å². The van der Waals surface area contributed by atoms with E-state index in [2.05, 4.69) is 5.32 Å². The third-order valence-electron chi connectivity index (χ3n) is 3.68. The Kier molecular flexibility index (Phi) is 6.53. The van der Waals surface area contributed by atoms with Crippen molar-refractivity contribution in [3.8, 4) is 0 Å². The molecule has 2 unspecified atom stereocenters. The molecule has 0 bridgehead atoms. The Hall–Kier alpha value is -1.94. The van der Waals surface area contributed by atoms with E-state index in [1.165, 1.54) is 0 Å². The quantitative estimate of drug-likeness (QED) is 0.846. The van der Waals surface area contributed by atoms with Gasteiger partial charge in [-0.25, -0.2) is 0 Å². The lowest BCUT2D eigenvalue weighted by molar-refractivity contribution is -0.118. The SMILES string of the molecule is CCCNC(=O)CS(=O)C(c1ccccc1)c1ccccc1C. The topological polar surface area (TPSA) is 46.2 Å². The molecule has 1 amide bonds. The molecule has 2 aromatic rings. The van der Waals surface area contributed by atoms with E-state index in [4.69, 9.17) is 0 Å². The Balaban J connectivity index is 2.30. The zero-order valence-electron chi connectivity index (χ0n) is 13.6. The Morgan fingerprint density at radius 1 is 1.09 bits per heavy atom. The molecule has 23 heavy (non-hydrogen) atoms. The average molecular weight is 329 g/mol. The van der Waals surface area contributed by atoms with Crippen LogP contribution in [0, 0.1) is 6.92 Å². The lowest BCUT2D eigenvalue weighted by Gasteiger charge is -2.19. The molecule has 122 valence electrons. The first kappa shape index (κ1) is 17.4. The molecule has 0 aliphatic heterocycles. The predicted molar refractivity (Wildman–Crippen MR) is 95.8 cm³/mol. The number of nitrogens with one attached hydrogen (secondary N) is 1. The smallest absolute Gasteiger partial charge is 0.232 e. The molecule has 1 N–H and O–H groups in total. The molecule has 3 nitrogen and oxygen atoms in total.